The van der Waals surface area contributed by atoms with Crippen LogP contribution in [-0.2, 0) is 0 Å². The average molecular weight is 328 g/mol. The molecule has 1 aliphatic rings. The van der Waals surface area contributed by atoms with Crippen LogP contribution in [0.15, 0.2) is 23.0 Å². The Morgan fingerprint density at radius 2 is 2.17 bits per heavy atom. The summed E-state index contributed by atoms with van der Waals surface area (Å²) in [5.74, 6) is 0.659. The average Bonchev–Trinajstić information content (AvgIpc) is 2.92. The van der Waals surface area contributed by atoms with E-state index in [1.54, 1.807) is 17.9 Å². The van der Waals surface area contributed by atoms with E-state index in [0.717, 1.165) is 0 Å². The molecule has 9 nitrogen and oxygen atoms in total. The minimum absolute atomic E-state index is 0.170. The highest BCUT2D eigenvalue weighted by Crippen LogP contribution is 2.17. The number of anilines is 1. The van der Waals surface area contributed by atoms with Gasteiger partial charge in [-0.2, -0.15) is 5.26 Å². The van der Waals surface area contributed by atoms with Crippen molar-refractivity contribution in [3.63, 3.8) is 0 Å². The molecule has 1 saturated heterocycles. The fourth-order valence-corrected chi connectivity index (χ4v) is 2.64. The second kappa shape index (κ2) is 6.64. The molecule has 0 aliphatic carbocycles. The molecular weight excluding hydrogens is 312 g/mol. The molecule has 0 radical (unpaired) electrons. The number of rotatable bonds is 2. The van der Waals surface area contributed by atoms with E-state index < -0.39 is 6.10 Å². The van der Waals surface area contributed by atoms with Gasteiger partial charge in [0.2, 0.25) is 0 Å². The van der Waals surface area contributed by atoms with E-state index in [-0.39, 0.29) is 30.4 Å². The first-order valence-corrected chi connectivity index (χ1v) is 7.45. The molecule has 2 aromatic rings. The highest BCUT2D eigenvalue weighted by Gasteiger charge is 2.28. The minimum Gasteiger partial charge on any atom is -0.389 e. The number of hydrogen-bond acceptors (Lipinski definition) is 8. The topological polar surface area (TPSA) is 119 Å². The Balaban J connectivity index is 1.78. The van der Waals surface area contributed by atoms with Crippen LogP contribution in [0.1, 0.15) is 21.9 Å². The van der Waals surface area contributed by atoms with E-state index in [4.69, 9.17) is 9.78 Å². The lowest BCUT2D eigenvalue weighted by Crippen LogP contribution is -2.37. The molecule has 3 heterocycles. The first-order valence-electron chi connectivity index (χ1n) is 7.45. The van der Waals surface area contributed by atoms with Crippen LogP contribution in [0.4, 0.5) is 5.82 Å². The van der Waals surface area contributed by atoms with Gasteiger partial charge in [-0.15, -0.1) is 0 Å². The van der Waals surface area contributed by atoms with Gasteiger partial charge in [-0.3, -0.25) is 4.79 Å². The van der Waals surface area contributed by atoms with Crippen molar-refractivity contribution in [2.24, 2.45) is 0 Å². The van der Waals surface area contributed by atoms with Crippen molar-refractivity contribution in [3.05, 3.63) is 35.6 Å². The van der Waals surface area contributed by atoms with Crippen molar-refractivity contribution in [1.29, 1.82) is 5.26 Å². The van der Waals surface area contributed by atoms with Gasteiger partial charge in [-0.1, -0.05) is 5.16 Å². The van der Waals surface area contributed by atoms with Gasteiger partial charge in [0.05, 0.1) is 6.10 Å². The molecule has 124 valence electrons. The summed E-state index contributed by atoms with van der Waals surface area (Å²) in [4.78, 5) is 23.9. The molecule has 0 bridgehead atoms. The van der Waals surface area contributed by atoms with E-state index in [0.29, 0.717) is 24.7 Å². The molecule has 2 aromatic heterocycles. The molecular formula is C15H16N6O3. The first-order chi connectivity index (χ1) is 11.6. The quantitative estimate of drug-likeness (QED) is 0.816. The standard InChI is InChI=1S/C15H16N6O3/c1-10-6-12(19-24-10)15(23)21-5-4-20(8-11(22)9-21)14-13(7-16)17-2-3-18-14/h2-3,6,11,22H,4-5,8-9H2,1H3. The van der Waals surface area contributed by atoms with Crippen molar-refractivity contribution in [1.82, 2.24) is 20.0 Å². The van der Waals surface area contributed by atoms with E-state index in [2.05, 4.69) is 15.1 Å². The number of aryl methyl sites for hydroxylation is 1. The van der Waals surface area contributed by atoms with Gasteiger partial charge < -0.3 is 19.4 Å². The Kier molecular flexibility index (Phi) is 4.39. The zero-order valence-electron chi connectivity index (χ0n) is 13.1. The molecule has 9 heteroatoms. The third kappa shape index (κ3) is 3.18. The molecule has 1 atom stereocenters. The fraction of sp³-hybridized carbons (Fsp3) is 0.400. The summed E-state index contributed by atoms with van der Waals surface area (Å²) in [5.41, 5.74) is 0.405. The number of β-amino-alcohol motifs (C(OH)–C–C–N with tert-alkyl or cyclic N) is 1. The summed E-state index contributed by atoms with van der Waals surface area (Å²) >= 11 is 0. The van der Waals surface area contributed by atoms with Crippen LogP contribution in [0.2, 0.25) is 0 Å². The molecule has 0 aromatic carbocycles. The van der Waals surface area contributed by atoms with Crippen LogP contribution in [0, 0.1) is 18.3 Å². The lowest BCUT2D eigenvalue weighted by molar-refractivity contribution is 0.0664. The Hall–Kier alpha value is -2.99. The SMILES string of the molecule is Cc1cc(C(=O)N2CCN(c3nccnc3C#N)CC(O)C2)no1. The van der Waals surface area contributed by atoms with Gasteiger partial charge >= 0.3 is 0 Å². The number of aliphatic hydroxyl groups is 1. The van der Waals surface area contributed by atoms with Crippen molar-refractivity contribution < 1.29 is 14.4 Å². The Morgan fingerprint density at radius 1 is 1.38 bits per heavy atom. The van der Waals surface area contributed by atoms with Crippen LogP contribution in [0.25, 0.3) is 0 Å². The zero-order chi connectivity index (χ0) is 17.1. The predicted molar refractivity (Wildman–Crippen MR) is 82.1 cm³/mol. The van der Waals surface area contributed by atoms with Gasteiger partial charge in [-0.05, 0) is 6.92 Å². The highest BCUT2D eigenvalue weighted by atomic mass is 16.5. The second-order valence-electron chi connectivity index (χ2n) is 5.51. The fourth-order valence-electron chi connectivity index (χ4n) is 2.64. The monoisotopic (exact) mass is 328 g/mol. The van der Waals surface area contributed by atoms with E-state index in [1.165, 1.54) is 17.3 Å². The number of carbonyl (C=O) groups excluding carboxylic acids is 1. The molecule has 1 unspecified atom stereocenters. The van der Waals surface area contributed by atoms with Crippen LogP contribution >= 0.6 is 0 Å². The Bertz CT molecular complexity index is 784. The molecule has 1 aliphatic heterocycles. The maximum atomic E-state index is 12.5. The van der Waals surface area contributed by atoms with Crippen LogP contribution in [-0.4, -0.2) is 63.3 Å². The molecule has 3 rings (SSSR count). The molecule has 1 amide bonds. The molecule has 0 saturated carbocycles. The summed E-state index contributed by atoms with van der Waals surface area (Å²) < 4.78 is 4.93. The zero-order valence-corrected chi connectivity index (χ0v) is 13.1. The van der Waals surface area contributed by atoms with Crippen molar-refractivity contribution in [2.45, 2.75) is 13.0 Å². The third-order valence-corrected chi connectivity index (χ3v) is 3.72. The number of nitriles is 1. The highest BCUT2D eigenvalue weighted by molar-refractivity contribution is 5.92. The summed E-state index contributed by atoms with van der Waals surface area (Å²) in [7, 11) is 0. The largest absolute Gasteiger partial charge is 0.389 e. The molecule has 1 N–H and O–H groups in total. The van der Waals surface area contributed by atoms with Crippen LogP contribution in [0.5, 0.6) is 0 Å². The Labute approximate surface area is 138 Å². The van der Waals surface area contributed by atoms with E-state index in [1.807, 2.05) is 6.07 Å². The smallest absolute Gasteiger partial charge is 0.276 e. The van der Waals surface area contributed by atoms with Gasteiger partial charge in [0.1, 0.15) is 11.8 Å². The summed E-state index contributed by atoms with van der Waals surface area (Å²) in [5, 5.41) is 23.1. The lowest BCUT2D eigenvalue weighted by atomic mass is 10.3. The lowest BCUT2D eigenvalue weighted by Gasteiger charge is -2.22. The Morgan fingerprint density at radius 3 is 2.88 bits per heavy atom. The number of hydrogen-bond donors (Lipinski definition) is 1. The number of amides is 1. The van der Waals surface area contributed by atoms with E-state index >= 15 is 0 Å². The summed E-state index contributed by atoms with van der Waals surface area (Å²) in [6, 6.07) is 3.55. The van der Waals surface area contributed by atoms with Gasteiger partial charge in [0.25, 0.3) is 5.91 Å². The number of aromatic nitrogens is 3. The second-order valence-corrected chi connectivity index (χ2v) is 5.51. The maximum Gasteiger partial charge on any atom is 0.276 e. The molecule has 24 heavy (non-hydrogen) atoms. The third-order valence-electron chi connectivity index (χ3n) is 3.72. The van der Waals surface area contributed by atoms with Gasteiger partial charge in [0, 0.05) is 44.6 Å². The normalized spacial score (nSPS) is 18.1. The van der Waals surface area contributed by atoms with E-state index in [9.17, 15) is 9.90 Å². The first kappa shape index (κ1) is 15.9. The minimum atomic E-state index is -0.780. The number of nitrogens with zero attached hydrogens (tertiary/aromatic N) is 6. The number of aliphatic hydroxyl groups excluding tert-OH is 1. The van der Waals surface area contributed by atoms with Crippen molar-refractivity contribution >= 4 is 11.7 Å². The maximum absolute atomic E-state index is 12.5. The molecule has 0 spiro atoms. The molecule has 1 fully saturated rings. The number of carbonyl (C=O) groups is 1. The van der Waals surface area contributed by atoms with Gasteiger partial charge in [0.15, 0.2) is 17.2 Å². The van der Waals surface area contributed by atoms with Crippen LogP contribution in [0.3, 0.4) is 0 Å². The predicted octanol–water partition coefficient (Wildman–Crippen LogP) is -0.0320. The van der Waals surface area contributed by atoms with Gasteiger partial charge in [-0.25, -0.2) is 9.97 Å². The van der Waals surface area contributed by atoms with Crippen molar-refractivity contribution in [3.8, 4) is 6.07 Å². The summed E-state index contributed by atoms with van der Waals surface area (Å²) in [6.45, 7) is 2.93. The van der Waals surface area contributed by atoms with Crippen molar-refractivity contribution in [2.75, 3.05) is 31.1 Å². The van der Waals surface area contributed by atoms with Crippen LogP contribution < -0.4 is 4.90 Å². The summed E-state index contributed by atoms with van der Waals surface area (Å²) in [6.07, 6.45) is 2.16.